The number of nitrogens with zero attached hydrogens (tertiary/aromatic N) is 3. The molecule has 0 saturated carbocycles. The van der Waals surface area contributed by atoms with Gasteiger partial charge in [0.25, 0.3) is 0 Å². The van der Waals surface area contributed by atoms with Gasteiger partial charge in [-0.3, -0.25) is 14.4 Å². The highest BCUT2D eigenvalue weighted by molar-refractivity contribution is 6.28. The van der Waals surface area contributed by atoms with Crippen LogP contribution in [0.2, 0.25) is 0 Å². The van der Waals surface area contributed by atoms with E-state index in [4.69, 9.17) is 30.5 Å². The van der Waals surface area contributed by atoms with Crippen LogP contribution in [-0.4, -0.2) is 58.5 Å². The lowest BCUT2D eigenvalue weighted by atomic mass is 10.0. The predicted octanol–water partition coefficient (Wildman–Crippen LogP) is 4.89. The summed E-state index contributed by atoms with van der Waals surface area (Å²) in [7, 11) is 2.97. The molecule has 0 unspecified atom stereocenters. The van der Waals surface area contributed by atoms with Crippen molar-refractivity contribution in [2.24, 2.45) is 0 Å². The number of ketones is 2. The molecule has 2 aromatic carbocycles. The maximum Gasteiger partial charge on any atom is 0.325 e. The van der Waals surface area contributed by atoms with Crippen LogP contribution in [0.3, 0.4) is 0 Å². The second-order valence-electron chi connectivity index (χ2n) is 9.29. The number of benzene rings is 2. The van der Waals surface area contributed by atoms with Crippen LogP contribution >= 0.6 is 0 Å². The first-order chi connectivity index (χ1) is 22.3. The summed E-state index contributed by atoms with van der Waals surface area (Å²) in [5.41, 5.74) is 1.67. The van der Waals surface area contributed by atoms with Gasteiger partial charge in [-0.25, -0.2) is 4.68 Å². The zero-order valence-electron chi connectivity index (χ0n) is 25.6. The third kappa shape index (κ3) is 10.5. The topological polar surface area (TPSA) is 139 Å². The summed E-state index contributed by atoms with van der Waals surface area (Å²) < 4.78 is 23.2. The lowest BCUT2D eigenvalue weighted by molar-refractivity contribution is -0.138. The van der Waals surface area contributed by atoms with Crippen LogP contribution in [0.25, 0.3) is 12.2 Å². The van der Waals surface area contributed by atoms with Gasteiger partial charge in [0.1, 0.15) is 25.5 Å². The molecule has 0 atom stereocenters. The summed E-state index contributed by atoms with van der Waals surface area (Å²) in [4.78, 5) is 37.2. The van der Waals surface area contributed by atoms with E-state index < -0.39 is 17.5 Å². The Morgan fingerprint density at radius 2 is 1.50 bits per heavy atom. The molecule has 1 heterocycles. The third-order valence-corrected chi connectivity index (χ3v) is 6.01. The molecule has 46 heavy (non-hydrogen) atoms. The van der Waals surface area contributed by atoms with Crippen molar-refractivity contribution >= 4 is 29.7 Å². The van der Waals surface area contributed by atoms with E-state index in [9.17, 15) is 14.4 Å². The van der Waals surface area contributed by atoms with Crippen LogP contribution < -0.4 is 18.9 Å². The number of terminal acetylenes is 1. The minimum atomic E-state index is -1.04. The molecular weight excluding hydrogens is 590 g/mol. The molecule has 0 aliphatic rings. The zero-order valence-corrected chi connectivity index (χ0v) is 25.6. The highest BCUT2D eigenvalue weighted by Crippen LogP contribution is 2.30. The van der Waals surface area contributed by atoms with Crippen molar-refractivity contribution < 1.29 is 38.4 Å². The van der Waals surface area contributed by atoms with Gasteiger partial charge in [0.15, 0.2) is 34.6 Å². The van der Waals surface area contributed by atoms with Gasteiger partial charge >= 0.3 is 5.97 Å². The summed E-state index contributed by atoms with van der Waals surface area (Å²) >= 11 is 0. The van der Waals surface area contributed by atoms with Gasteiger partial charge in [0, 0.05) is 0 Å². The number of allylic oxidation sites excluding steroid dienone is 8. The average molecular weight is 624 g/mol. The Morgan fingerprint density at radius 3 is 2.04 bits per heavy atom. The van der Waals surface area contributed by atoms with Crippen LogP contribution in [0.15, 0.2) is 90.7 Å². The number of hydrogen-bond donors (Lipinski definition) is 1. The monoisotopic (exact) mass is 623 g/mol. The molecule has 0 spiro atoms. The average Bonchev–Trinajstić information content (AvgIpc) is 3.50. The van der Waals surface area contributed by atoms with Crippen molar-refractivity contribution in [1.82, 2.24) is 15.0 Å². The summed E-state index contributed by atoms with van der Waals surface area (Å²) in [5.74, 6) is 2.08. The Morgan fingerprint density at radius 1 is 0.891 bits per heavy atom. The number of aliphatic carboxylic acids is 1. The van der Waals surface area contributed by atoms with Crippen LogP contribution in [-0.2, 0) is 27.5 Å². The quantitative estimate of drug-likeness (QED) is 0.0727. The molecule has 0 bridgehead atoms. The van der Waals surface area contributed by atoms with Gasteiger partial charge in [-0.05, 0) is 60.5 Å². The van der Waals surface area contributed by atoms with E-state index >= 15 is 0 Å². The number of carbonyl (C=O) groups excluding carboxylic acids is 2. The molecule has 0 amide bonds. The van der Waals surface area contributed by atoms with Crippen molar-refractivity contribution in [3.05, 3.63) is 108 Å². The number of carboxylic acid groups (broad SMARTS) is 1. The summed E-state index contributed by atoms with van der Waals surface area (Å²) in [6.45, 7) is 1.66. The molecule has 11 nitrogen and oxygen atoms in total. The van der Waals surface area contributed by atoms with Gasteiger partial charge in [-0.15, -0.1) is 11.5 Å². The molecule has 0 aliphatic carbocycles. The molecule has 0 radical (unpaired) electrons. The smallest absolute Gasteiger partial charge is 0.325 e. The number of carboxylic acids is 1. The Hall–Kier alpha value is -6.15. The van der Waals surface area contributed by atoms with E-state index in [2.05, 4.69) is 16.2 Å². The number of aromatic nitrogens is 3. The SMILES string of the molecule is C#CCOc1ccc(/C=C/C(=O)\C(=C/C=C/C=C/C)C(=O)/C=C/c2ccc(OCc3cn(CC(=O)O)nn3)c(OC)c2)cc1OC. The molecule has 0 saturated heterocycles. The number of carbonyl (C=O) groups is 3. The summed E-state index contributed by atoms with van der Waals surface area (Å²) in [5, 5.41) is 16.5. The molecule has 3 aromatic rings. The highest BCUT2D eigenvalue weighted by atomic mass is 16.5. The zero-order chi connectivity index (χ0) is 33.3. The van der Waals surface area contributed by atoms with Crippen molar-refractivity contribution in [2.75, 3.05) is 20.8 Å². The van der Waals surface area contributed by atoms with Gasteiger partial charge in [0.2, 0.25) is 0 Å². The number of hydrogen-bond acceptors (Lipinski definition) is 9. The maximum atomic E-state index is 13.2. The van der Waals surface area contributed by atoms with E-state index in [1.54, 1.807) is 66.8 Å². The summed E-state index contributed by atoms with van der Waals surface area (Å²) in [6.07, 6.45) is 20.9. The Bertz CT molecular complexity index is 1740. The van der Waals surface area contributed by atoms with E-state index in [-0.39, 0.29) is 25.3 Å². The fourth-order valence-electron chi connectivity index (χ4n) is 3.84. The van der Waals surface area contributed by atoms with Gasteiger partial charge in [-0.2, -0.15) is 0 Å². The van der Waals surface area contributed by atoms with Gasteiger partial charge in [-0.1, -0.05) is 59.7 Å². The first kappa shape index (κ1) is 34.3. The van der Waals surface area contributed by atoms with E-state index in [0.717, 1.165) is 0 Å². The minimum Gasteiger partial charge on any atom is -0.493 e. The minimum absolute atomic E-state index is 0.0324. The fraction of sp³-hybridized carbons (Fsp3) is 0.171. The largest absolute Gasteiger partial charge is 0.493 e. The molecule has 0 fully saturated rings. The highest BCUT2D eigenvalue weighted by Gasteiger charge is 2.14. The van der Waals surface area contributed by atoms with Crippen molar-refractivity contribution in [3.63, 3.8) is 0 Å². The van der Waals surface area contributed by atoms with E-state index in [1.165, 1.54) is 43.3 Å². The van der Waals surface area contributed by atoms with Crippen LogP contribution in [0.4, 0.5) is 0 Å². The van der Waals surface area contributed by atoms with Crippen LogP contribution in [0.1, 0.15) is 23.7 Å². The Balaban J connectivity index is 1.75. The van der Waals surface area contributed by atoms with Crippen molar-refractivity contribution in [3.8, 4) is 35.3 Å². The molecule has 236 valence electrons. The molecule has 3 rings (SSSR count). The lowest BCUT2D eigenvalue weighted by Gasteiger charge is -2.10. The second-order valence-corrected chi connectivity index (χ2v) is 9.29. The van der Waals surface area contributed by atoms with Crippen LogP contribution in [0.5, 0.6) is 23.0 Å². The predicted molar refractivity (Wildman–Crippen MR) is 172 cm³/mol. The van der Waals surface area contributed by atoms with Gasteiger partial charge < -0.3 is 24.1 Å². The van der Waals surface area contributed by atoms with Crippen molar-refractivity contribution in [2.45, 2.75) is 20.1 Å². The van der Waals surface area contributed by atoms with E-state index in [1.807, 2.05) is 13.0 Å². The Kier molecular flexibility index (Phi) is 13.3. The maximum absolute atomic E-state index is 13.2. The number of methoxy groups -OCH3 is 2. The molecule has 0 aliphatic heterocycles. The second kappa shape index (κ2) is 17.8. The molecular formula is C35H33N3O8. The number of ether oxygens (including phenoxy) is 4. The third-order valence-electron chi connectivity index (χ3n) is 6.01. The Labute approximate surface area is 266 Å². The molecule has 1 N–H and O–H groups in total. The van der Waals surface area contributed by atoms with Gasteiger partial charge in [0.05, 0.1) is 26.0 Å². The normalized spacial score (nSPS) is 11.7. The molecule has 11 heteroatoms. The van der Waals surface area contributed by atoms with Crippen LogP contribution in [0, 0.1) is 12.3 Å². The standard InChI is InChI=1S/C35H33N3O8/c1-5-7-8-9-10-28(29(39)15-11-25-13-17-31(45-19-6-2)33(20-25)43-3)30(40)16-12-26-14-18-32(34(21-26)44-4)46-24-27-22-38(37-36-27)23-35(41)42/h2,5,7-18,20-22H,19,23-24H2,1,3-4H3,(H,41,42)/b7-5+,9-8+,15-11+,16-12+,28-10+. The molecule has 1 aromatic heterocycles. The van der Waals surface area contributed by atoms with E-state index in [0.29, 0.717) is 39.8 Å². The lowest BCUT2D eigenvalue weighted by Crippen LogP contribution is -2.09. The number of rotatable bonds is 17. The summed E-state index contributed by atoms with van der Waals surface area (Å²) in [6, 6.07) is 10.1. The first-order valence-corrected chi connectivity index (χ1v) is 13.9. The fourth-order valence-corrected chi connectivity index (χ4v) is 3.84. The first-order valence-electron chi connectivity index (χ1n) is 13.9. The van der Waals surface area contributed by atoms with Crippen molar-refractivity contribution in [1.29, 1.82) is 0 Å².